The van der Waals surface area contributed by atoms with Gasteiger partial charge in [-0.25, -0.2) is 0 Å². The minimum absolute atomic E-state index is 0.0796. The third kappa shape index (κ3) is 4.58. The van der Waals surface area contributed by atoms with Gasteiger partial charge in [0.05, 0.1) is 5.92 Å². The molecule has 2 aromatic rings. The highest BCUT2D eigenvalue weighted by molar-refractivity contribution is 5.96. The van der Waals surface area contributed by atoms with E-state index in [1.807, 2.05) is 36.9 Å². The van der Waals surface area contributed by atoms with Gasteiger partial charge < -0.3 is 10.2 Å². The Bertz CT molecular complexity index is 980. The molecule has 2 saturated heterocycles. The zero-order chi connectivity index (χ0) is 22.9. The van der Waals surface area contributed by atoms with Crippen molar-refractivity contribution < 1.29 is 9.59 Å². The first kappa shape index (κ1) is 22.5. The molecule has 5 nitrogen and oxygen atoms in total. The molecule has 0 bridgehead atoms. The predicted octanol–water partition coefficient (Wildman–Crippen LogP) is 3.65. The van der Waals surface area contributed by atoms with E-state index in [-0.39, 0.29) is 23.1 Å². The van der Waals surface area contributed by atoms with E-state index in [1.165, 1.54) is 5.56 Å². The first-order chi connectivity index (χ1) is 15.3. The number of amides is 2. The van der Waals surface area contributed by atoms with Crippen molar-refractivity contribution in [1.82, 2.24) is 15.1 Å². The topological polar surface area (TPSA) is 52.7 Å². The van der Waals surface area contributed by atoms with Crippen LogP contribution in [0.15, 0.2) is 48.5 Å². The molecule has 0 aliphatic carbocycles. The highest BCUT2D eigenvalue weighted by Crippen LogP contribution is 2.45. The van der Waals surface area contributed by atoms with Gasteiger partial charge >= 0.3 is 0 Å². The van der Waals surface area contributed by atoms with Crippen LogP contribution in [0.2, 0.25) is 0 Å². The largest absolute Gasteiger partial charge is 0.356 e. The van der Waals surface area contributed by atoms with E-state index in [0.29, 0.717) is 25.6 Å². The summed E-state index contributed by atoms with van der Waals surface area (Å²) in [6.07, 6.45) is 0. The van der Waals surface area contributed by atoms with Gasteiger partial charge in [0.25, 0.3) is 5.91 Å². The second-order valence-electron chi connectivity index (χ2n) is 10.2. The van der Waals surface area contributed by atoms with Gasteiger partial charge in [-0.2, -0.15) is 0 Å². The van der Waals surface area contributed by atoms with Crippen LogP contribution in [-0.2, 0) is 11.3 Å². The van der Waals surface area contributed by atoms with Gasteiger partial charge in [-0.15, -0.1) is 0 Å². The van der Waals surface area contributed by atoms with Crippen molar-refractivity contribution in [2.45, 2.75) is 34.2 Å². The summed E-state index contributed by atoms with van der Waals surface area (Å²) in [6, 6.07) is 16.4. The van der Waals surface area contributed by atoms with Crippen LogP contribution in [0.1, 0.15) is 40.9 Å². The fourth-order valence-electron chi connectivity index (χ4n) is 5.22. The maximum absolute atomic E-state index is 13.2. The lowest BCUT2D eigenvalue weighted by molar-refractivity contribution is -0.131. The van der Waals surface area contributed by atoms with Crippen LogP contribution in [-0.4, -0.2) is 54.3 Å². The Balaban J connectivity index is 1.49. The summed E-state index contributed by atoms with van der Waals surface area (Å²) in [5.74, 6) is 0.540. The van der Waals surface area contributed by atoms with E-state index in [1.54, 1.807) is 0 Å². The Morgan fingerprint density at radius 3 is 2.44 bits per heavy atom. The molecule has 1 unspecified atom stereocenters. The lowest BCUT2D eigenvalue weighted by atomic mass is 9.71. The molecule has 0 saturated carbocycles. The Labute approximate surface area is 191 Å². The third-order valence-electron chi connectivity index (χ3n) is 6.88. The van der Waals surface area contributed by atoms with E-state index in [9.17, 15) is 9.59 Å². The van der Waals surface area contributed by atoms with E-state index in [4.69, 9.17) is 0 Å². The van der Waals surface area contributed by atoms with Crippen molar-refractivity contribution in [3.8, 4) is 0 Å². The van der Waals surface area contributed by atoms with Crippen LogP contribution >= 0.6 is 0 Å². The normalized spacial score (nSPS) is 19.9. The average molecular weight is 434 g/mol. The summed E-state index contributed by atoms with van der Waals surface area (Å²) in [5, 5.41) is 3.15. The second kappa shape index (κ2) is 9.07. The smallest absolute Gasteiger partial charge is 0.254 e. The van der Waals surface area contributed by atoms with E-state index in [2.05, 4.69) is 54.4 Å². The number of rotatable bonds is 6. The molecule has 1 N–H and O–H groups in total. The Morgan fingerprint density at radius 2 is 1.78 bits per heavy atom. The highest BCUT2D eigenvalue weighted by atomic mass is 16.2. The van der Waals surface area contributed by atoms with Gasteiger partial charge in [0.1, 0.15) is 0 Å². The van der Waals surface area contributed by atoms with Crippen LogP contribution in [0.25, 0.3) is 0 Å². The summed E-state index contributed by atoms with van der Waals surface area (Å²) in [4.78, 5) is 30.6. The summed E-state index contributed by atoms with van der Waals surface area (Å²) < 4.78 is 0. The maximum atomic E-state index is 13.2. The Morgan fingerprint density at radius 1 is 1.06 bits per heavy atom. The SMILES string of the molecule is Cc1ccc(C(=O)N2CC3(CN(Cc4ccccc4)CC3C(=O)NCC(C)C)C2)c(C)c1. The molecule has 1 atom stereocenters. The first-order valence-corrected chi connectivity index (χ1v) is 11.7. The monoisotopic (exact) mass is 433 g/mol. The number of nitrogens with zero attached hydrogens (tertiary/aromatic N) is 2. The van der Waals surface area contributed by atoms with Crippen molar-refractivity contribution in [2.75, 3.05) is 32.7 Å². The van der Waals surface area contributed by atoms with Crippen LogP contribution in [0.5, 0.6) is 0 Å². The third-order valence-corrected chi connectivity index (χ3v) is 6.88. The Hall–Kier alpha value is -2.66. The predicted molar refractivity (Wildman–Crippen MR) is 127 cm³/mol. The average Bonchev–Trinajstić information content (AvgIpc) is 3.11. The molecule has 0 aromatic heterocycles. The number of nitrogens with one attached hydrogen (secondary N) is 1. The number of hydrogen-bond acceptors (Lipinski definition) is 3. The molecule has 2 aromatic carbocycles. The minimum Gasteiger partial charge on any atom is -0.356 e. The molecule has 0 radical (unpaired) electrons. The quantitative estimate of drug-likeness (QED) is 0.757. The zero-order valence-corrected chi connectivity index (χ0v) is 19.7. The molecule has 170 valence electrons. The fourth-order valence-corrected chi connectivity index (χ4v) is 5.22. The van der Waals surface area contributed by atoms with E-state index < -0.39 is 0 Å². The van der Waals surface area contributed by atoms with E-state index >= 15 is 0 Å². The molecule has 2 aliphatic rings. The van der Waals surface area contributed by atoms with Gasteiger partial charge in [0.15, 0.2) is 0 Å². The van der Waals surface area contributed by atoms with Crippen molar-refractivity contribution in [3.05, 3.63) is 70.8 Å². The minimum atomic E-state index is -0.163. The van der Waals surface area contributed by atoms with Gasteiger partial charge in [0.2, 0.25) is 5.91 Å². The number of likely N-dealkylation sites (tertiary alicyclic amines) is 2. The van der Waals surface area contributed by atoms with Gasteiger partial charge in [0, 0.05) is 50.2 Å². The molecule has 2 heterocycles. The molecular weight excluding hydrogens is 398 g/mol. The number of carbonyl (C=O) groups is 2. The number of hydrogen-bond donors (Lipinski definition) is 1. The second-order valence-corrected chi connectivity index (χ2v) is 10.2. The lowest BCUT2D eigenvalue weighted by Gasteiger charge is -2.50. The van der Waals surface area contributed by atoms with Crippen LogP contribution in [0.4, 0.5) is 0 Å². The highest BCUT2D eigenvalue weighted by Gasteiger charge is 2.57. The van der Waals surface area contributed by atoms with Crippen LogP contribution in [0, 0.1) is 31.1 Å². The van der Waals surface area contributed by atoms with Crippen molar-refractivity contribution in [3.63, 3.8) is 0 Å². The van der Waals surface area contributed by atoms with E-state index in [0.717, 1.165) is 36.3 Å². The van der Waals surface area contributed by atoms with Crippen LogP contribution < -0.4 is 5.32 Å². The van der Waals surface area contributed by atoms with Gasteiger partial charge in [-0.1, -0.05) is 61.9 Å². The molecule has 2 aliphatic heterocycles. The van der Waals surface area contributed by atoms with Crippen molar-refractivity contribution >= 4 is 11.8 Å². The number of aryl methyl sites for hydroxylation is 2. The summed E-state index contributed by atoms with van der Waals surface area (Å²) >= 11 is 0. The van der Waals surface area contributed by atoms with Crippen molar-refractivity contribution in [1.29, 1.82) is 0 Å². The van der Waals surface area contributed by atoms with Crippen molar-refractivity contribution in [2.24, 2.45) is 17.3 Å². The van der Waals surface area contributed by atoms with Gasteiger partial charge in [-0.3, -0.25) is 14.5 Å². The molecule has 4 rings (SSSR count). The molecule has 1 spiro atoms. The standard InChI is InChI=1S/C27H35N3O2/c1-19(2)13-28-25(31)24-15-29(14-22-8-6-5-7-9-22)16-27(24)17-30(18-27)26(32)23-11-10-20(3)12-21(23)4/h5-12,19,24H,13-18H2,1-4H3,(H,28,31). The summed E-state index contributed by atoms with van der Waals surface area (Å²) in [6.45, 7) is 12.7. The first-order valence-electron chi connectivity index (χ1n) is 11.7. The number of carbonyl (C=O) groups excluding carboxylic acids is 2. The number of benzene rings is 2. The van der Waals surface area contributed by atoms with Crippen LogP contribution in [0.3, 0.4) is 0 Å². The molecule has 32 heavy (non-hydrogen) atoms. The van der Waals surface area contributed by atoms with Gasteiger partial charge in [-0.05, 0) is 37.0 Å². The molecule has 2 amide bonds. The molecule has 2 fully saturated rings. The summed E-state index contributed by atoms with van der Waals surface area (Å²) in [7, 11) is 0. The molecule has 5 heteroatoms. The Kier molecular flexibility index (Phi) is 6.38. The lowest BCUT2D eigenvalue weighted by Crippen LogP contribution is -2.64. The zero-order valence-electron chi connectivity index (χ0n) is 19.7. The maximum Gasteiger partial charge on any atom is 0.254 e. The molecular formula is C27H35N3O2. The fraction of sp³-hybridized carbons (Fsp3) is 0.481. The summed E-state index contributed by atoms with van der Waals surface area (Å²) in [5.41, 5.74) is 4.04.